The molecule has 122 valence electrons. The number of methoxy groups -OCH3 is 1. The molecule has 0 spiro atoms. The Hall–Kier alpha value is -2.42. The first kappa shape index (κ1) is 16.9. The quantitative estimate of drug-likeness (QED) is 0.351. The molecule has 8 nitrogen and oxygen atoms in total. The predicted octanol–water partition coefficient (Wildman–Crippen LogP) is 1.98. The molecule has 2 N–H and O–H groups in total. The first-order valence-electron chi connectivity index (χ1n) is 6.56. The van der Waals surface area contributed by atoms with Crippen LogP contribution in [0.2, 0.25) is 0 Å². The lowest BCUT2D eigenvalue weighted by Gasteiger charge is -2.05. The number of ketones is 1. The molecule has 0 aliphatic carbocycles. The van der Waals surface area contributed by atoms with Gasteiger partial charge in [-0.15, -0.1) is 0 Å². The van der Waals surface area contributed by atoms with Crippen molar-refractivity contribution in [2.24, 2.45) is 10.9 Å². The van der Waals surface area contributed by atoms with Crippen LogP contribution in [0.25, 0.3) is 0 Å². The van der Waals surface area contributed by atoms with E-state index in [1.165, 1.54) is 7.11 Å². The third-order valence-corrected chi connectivity index (χ3v) is 3.39. The third kappa shape index (κ3) is 4.07. The van der Waals surface area contributed by atoms with Gasteiger partial charge in [0.2, 0.25) is 11.7 Å². The van der Waals surface area contributed by atoms with E-state index < -0.39 is 0 Å². The number of hydrogen-bond acceptors (Lipinski definition) is 7. The fourth-order valence-corrected chi connectivity index (χ4v) is 2.15. The zero-order valence-electron chi connectivity index (χ0n) is 12.8. The Morgan fingerprint density at radius 3 is 2.74 bits per heavy atom. The predicted molar refractivity (Wildman–Crippen MR) is 85.5 cm³/mol. The minimum atomic E-state index is -0.374. The summed E-state index contributed by atoms with van der Waals surface area (Å²) in [6.07, 6.45) is 0. The third-order valence-electron chi connectivity index (χ3n) is 2.78. The number of amidine groups is 1. The fourth-order valence-electron chi connectivity index (χ4n) is 1.77. The highest BCUT2D eigenvalue weighted by molar-refractivity contribution is 9.10. The van der Waals surface area contributed by atoms with Gasteiger partial charge in [0.25, 0.3) is 0 Å². The largest absolute Gasteiger partial charge is 0.480 e. The highest BCUT2D eigenvalue weighted by atomic mass is 79.9. The van der Waals surface area contributed by atoms with E-state index in [2.05, 4.69) is 31.1 Å². The molecule has 9 heteroatoms. The van der Waals surface area contributed by atoms with Crippen LogP contribution >= 0.6 is 15.9 Å². The summed E-state index contributed by atoms with van der Waals surface area (Å²) in [5.41, 5.74) is 6.64. The van der Waals surface area contributed by atoms with Gasteiger partial charge in [-0.25, -0.2) is 9.97 Å². The molecule has 2 heterocycles. The maximum Gasteiger partial charge on any atom is 0.240 e. The van der Waals surface area contributed by atoms with Crippen molar-refractivity contribution in [2.45, 2.75) is 13.8 Å². The maximum absolute atomic E-state index is 11.9. The summed E-state index contributed by atoms with van der Waals surface area (Å²) in [6.45, 7) is 3.02. The lowest BCUT2D eigenvalue weighted by atomic mass is 10.3. The van der Waals surface area contributed by atoms with Gasteiger partial charge < -0.3 is 19.7 Å². The van der Waals surface area contributed by atoms with Gasteiger partial charge in [-0.2, -0.15) is 0 Å². The normalized spacial score (nSPS) is 11.4. The number of oxime groups is 1. The van der Waals surface area contributed by atoms with Crippen LogP contribution in [0.1, 0.15) is 27.8 Å². The second-order valence-corrected chi connectivity index (χ2v) is 5.36. The van der Waals surface area contributed by atoms with E-state index in [9.17, 15) is 4.79 Å². The van der Waals surface area contributed by atoms with Crippen LogP contribution in [0.3, 0.4) is 0 Å². The minimum absolute atomic E-state index is 0.0223. The first-order valence-corrected chi connectivity index (χ1v) is 7.35. The standard InChI is InChI=1S/C14H15BrN4O4/c1-7-12(23-8(2)17-7)11(20)6-22-19-13(16)10-5-4-9(15)14(18-10)21-3/h4-5H,6H2,1-3H3,(H2,16,19). The van der Waals surface area contributed by atoms with E-state index in [4.69, 9.17) is 19.7 Å². The molecule has 0 radical (unpaired) electrons. The summed E-state index contributed by atoms with van der Waals surface area (Å²) in [6, 6.07) is 3.36. The molecule has 0 atom stereocenters. The topological polar surface area (TPSA) is 113 Å². The molecule has 0 saturated carbocycles. The number of oxazole rings is 1. The van der Waals surface area contributed by atoms with Gasteiger partial charge in [0.15, 0.2) is 24.1 Å². The van der Waals surface area contributed by atoms with Crippen molar-refractivity contribution in [2.75, 3.05) is 13.7 Å². The van der Waals surface area contributed by atoms with Gasteiger partial charge in [0.1, 0.15) is 5.69 Å². The number of carbonyl (C=O) groups excluding carboxylic acids is 1. The van der Waals surface area contributed by atoms with Crippen molar-refractivity contribution in [3.05, 3.63) is 39.6 Å². The van der Waals surface area contributed by atoms with Gasteiger partial charge in [-0.05, 0) is 35.0 Å². The first-order chi connectivity index (χ1) is 10.9. The number of nitrogens with two attached hydrogens (primary N) is 1. The number of ether oxygens (including phenoxy) is 1. The monoisotopic (exact) mass is 382 g/mol. The summed E-state index contributed by atoms with van der Waals surface area (Å²) < 4.78 is 11.0. The summed E-state index contributed by atoms with van der Waals surface area (Å²) in [4.78, 5) is 25.1. The number of carbonyl (C=O) groups is 1. The van der Waals surface area contributed by atoms with E-state index in [0.717, 1.165) is 0 Å². The Labute approximate surface area is 140 Å². The smallest absolute Gasteiger partial charge is 0.240 e. The number of halogens is 1. The number of aryl methyl sites for hydroxylation is 2. The second-order valence-electron chi connectivity index (χ2n) is 4.51. The molecule has 2 aromatic rings. The van der Waals surface area contributed by atoms with Gasteiger partial charge in [0.05, 0.1) is 17.3 Å². The Morgan fingerprint density at radius 2 is 2.13 bits per heavy atom. The summed E-state index contributed by atoms with van der Waals surface area (Å²) in [7, 11) is 1.49. The maximum atomic E-state index is 11.9. The molecule has 2 aromatic heterocycles. The van der Waals surface area contributed by atoms with Crippen molar-refractivity contribution in [1.82, 2.24) is 9.97 Å². The zero-order valence-corrected chi connectivity index (χ0v) is 14.4. The van der Waals surface area contributed by atoms with Crippen LogP contribution in [-0.2, 0) is 4.84 Å². The number of aromatic nitrogens is 2. The van der Waals surface area contributed by atoms with E-state index in [-0.39, 0.29) is 24.0 Å². The average molecular weight is 383 g/mol. The molecule has 0 fully saturated rings. The molecule has 0 bridgehead atoms. The van der Waals surface area contributed by atoms with Crippen molar-refractivity contribution in [3.8, 4) is 5.88 Å². The van der Waals surface area contributed by atoms with Gasteiger partial charge in [-0.1, -0.05) is 5.16 Å². The number of hydrogen-bond donors (Lipinski definition) is 1. The lowest BCUT2D eigenvalue weighted by molar-refractivity contribution is 0.0746. The number of rotatable bonds is 6. The van der Waals surface area contributed by atoms with Gasteiger partial charge >= 0.3 is 0 Å². The van der Waals surface area contributed by atoms with Crippen LogP contribution in [0.15, 0.2) is 26.2 Å². The minimum Gasteiger partial charge on any atom is -0.480 e. The van der Waals surface area contributed by atoms with Crippen molar-refractivity contribution < 1.29 is 18.8 Å². The lowest BCUT2D eigenvalue weighted by Crippen LogP contribution is -2.17. The van der Waals surface area contributed by atoms with Crippen molar-refractivity contribution in [1.29, 1.82) is 0 Å². The highest BCUT2D eigenvalue weighted by Gasteiger charge is 2.16. The van der Waals surface area contributed by atoms with E-state index in [1.54, 1.807) is 26.0 Å². The van der Waals surface area contributed by atoms with Crippen LogP contribution in [0.4, 0.5) is 0 Å². The number of pyridine rings is 1. The molecule has 23 heavy (non-hydrogen) atoms. The molecule has 0 aliphatic heterocycles. The van der Waals surface area contributed by atoms with Crippen molar-refractivity contribution >= 4 is 27.5 Å². The molecule has 2 rings (SSSR count). The summed E-state index contributed by atoms with van der Waals surface area (Å²) >= 11 is 3.29. The highest BCUT2D eigenvalue weighted by Crippen LogP contribution is 2.21. The van der Waals surface area contributed by atoms with E-state index in [0.29, 0.717) is 27.6 Å². The summed E-state index contributed by atoms with van der Waals surface area (Å²) in [5, 5.41) is 3.68. The zero-order chi connectivity index (χ0) is 17.0. The molecule has 0 aromatic carbocycles. The molecule has 0 unspecified atom stereocenters. The fraction of sp³-hybridized carbons (Fsp3) is 0.286. The molecule has 0 saturated heterocycles. The van der Waals surface area contributed by atoms with Crippen LogP contribution in [-0.4, -0.2) is 35.3 Å². The van der Waals surface area contributed by atoms with Gasteiger partial charge in [-0.3, -0.25) is 4.79 Å². The average Bonchev–Trinajstić information content (AvgIpc) is 2.86. The van der Waals surface area contributed by atoms with Crippen LogP contribution in [0, 0.1) is 13.8 Å². The molecular weight excluding hydrogens is 368 g/mol. The number of Topliss-reactive ketones (excluding diaryl/α,β-unsaturated/α-hetero) is 1. The number of nitrogens with zero attached hydrogens (tertiary/aromatic N) is 3. The Balaban J connectivity index is 2.02. The van der Waals surface area contributed by atoms with E-state index in [1.807, 2.05) is 0 Å². The SMILES string of the molecule is COc1nc(/C(N)=N/OCC(=O)c2oc(C)nc2C)ccc1Br. The Morgan fingerprint density at radius 1 is 1.39 bits per heavy atom. The van der Waals surface area contributed by atoms with Crippen LogP contribution < -0.4 is 10.5 Å². The molecule has 0 aliphatic rings. The van der Waals surface area contributed by atoms with Crippen molar-refractivity contribution in [3.63, 3.8) is 0 Å². The van der Waals surface area contributed by atoms with E-state index >= 15 is 0 Å². The Bertz CT molecular complexity index is 757. The summed E-state index contributed by atoms with van der Waals surface area (Å²) in [5.74, 6) is 0.583. The Kier molecular flexibility index (Phi) is 5.32. The molecule has 0 amide bonds. The van der Waals surface area contributed by atoms with Gasteiger partial charge in [0, 0.05) is 6.92 Å². The molecular formula is C14H15BrN4O4. The van der Waals surface area contributed by atoms with Crippen LogP contribution in [0.5, 0.6) is 5.88 Å². The second kappa shape index (κ2) is 7.23.